The van der Waals surface area contributed by atoms with Crippen molar-refractivity contribution in [2.24, 2.45) is 0 Å². The van der Waals surface area contributed by atoms with Gasteiger partial charge in [0.1, 0.15) is 11.4 Å². The summed E-state index contributed by atoms with van der Waals surface area (Å²) < 4.78 is 1.79. The van der Waals surface area contributed by atoms with Crippen molar-refractivity contribution in [3.63, 3.8) is 0 Å². The van der Waals surface area contributed by atoms with Crippen molar-refractivity contribution in [1.29, 1.82) is 0 Å². The van der Waals surface area contributed by atoms with E-state index >= 15 is 0 Å². The van der Waals surface area contributed by atoms with Gasteiger partial charge in [-0.1, -0.05) is 26.0 Å². The summed E-state index contributed by atoms with van der Waals surface area (Å²) in [6.07, 6.45) is 7.21. The van der Waals surface area contributed by atoms with E-state index in [-0.39, 0.29) is 5.91 Å². The summed E-state index contributed by atoms with van der Waals surface area (Å²) in [5.41, 5.74) is 2.53. The molecular weight excluding hydrogens is 358 g/mol. The van der Waals surface area contributed by atoms with E-state index in [1.807, 2.05) is 36.2 Å². The zero-order chi connectivity index (χ0) is 19.1. The fourth-order valence-corrected chi connectivity index (χ4v) is 3.41. The number of nitrogens with zero attached hydrogens (tertiary/aromatic N) is 4. The van der Waals surface area contributed by atoms with Gasteiger partial charge in [-0.05, 0) is 23.8 Å². The molecular formula is C20H23N5OS. The maximum absolute atomic E-state index is 12.1. The van der Waals surface area contributed by atoms with Gasteiger partial charge >= 0.3 is 0 Å². The number of hydrogen-bond acceptors (Lipinski definition) is 5. The third-order valence-electron chi connectivity index (χ3n) is 3.79. The summed E-state index contributed by atoms with van der Waals surface area (Å²) in [4.78, 5) is 21.6. The lowest BCUT2D eigenvalue weighted by Crippen LogP contribution is -2.28. The predicted octanol–water partition coefficient (Wildman–Crippen LogP) is 3.20. The average Bonchev–Trinajstić information content (AvgIpc) is 3.13. The van der Waals surface area contributed by atoms with Crippen molar-refractivity contribution in [2.75, 3.05) is 6.54 Å². The lowest BCUT2D eigenvalue weighted by molar-refractivity contribution is -0.120. The predicted molar refractivity (Wildman–Crippen MR) is 107 cm³/mol. The molecule has 27 heavy (non-hydrogen) atoms. The molecule has 3 aromatic rings. The zero-order valence-corrected chi connectivity index (χ0v) is 16.3. The van der Waals surface area contributed by atoms with Crippen LogP contribution in [-0.2, 0) is 17.8 Å². The van der Waals surface area contributed by atoms with E-state index in [9.17, 15) is 4.79 Å². The highest BCUT2D eigenvalue weighted by atomic mass is 32.2. The molecule has 0 unspecified atom stereocenters. The van der Waals surface area contributed by atoms with Gasteiger partial charge in [-0.25, -0.2) is 0 Å². The van der Waals surface area contributed by atoms with E-state index < -0.39 is 0 Å². The number of thioether (sulfide) groups is 1. The number of rotatable bonds is 8. The summed E-state index contributed by atoms with van der Waals surface area (Å²) in [6, 6.07) is 10.1. The minimum Gasteiger partial charge on any atom is -0.354 e. The first-order valence-electron chi connectivity index (χ1n) is 8.92. The highest BCUT2D eigenvalue weighted by molar-refractivity contribution is 7.99. The van der Waals surface area contributed by atoms with Crippen LogP contribution in [0.1, 0.15) is 19.4 Å². The molecule has 1 N–H and O–H groups in total. The molecule has 0 bridgehead atoms. The van der Waals surface area contributed by atoms with Gasteiger partial charge < -0.3 is 5.32 Å². The second-order valence-corrected chi connectivity index (χ2v) is 8.04. The third kappa shape index (κ3) is 5.92. The first-order chi connectivity index (χ1) is 13.1. The fraction of sp³-hybridized carbons (Fsp3) is 0.300. The molecule has 7 heteroatoms. The molecule has 0 spiro atoms. The number of carbonyl (C=O) groups is 1. The summed E-state index contributed by atoms with van der Waals surface area (Å²) in [6.45, 7) is 5.47. The van der Waals surface area contributed by atoms with Gasteiger partial charge in [0.25, 0.3) is 0 Å². The first kappa shape index (κ1) is 19.1. The quantitative estimate of drug-likeness (QED) is 0.607. The van der Waals surface area contributed by atoms with Crippen LogP contribution in [0.4, 0.5) is 0 Å². The van der Waals surface area contributed by atoms with Crippen molar-refractivity contribution in [1.82, 2.24) is 25.1 Å². The van der Waals surface area contributed by atoms with E-state index in [2.05, 4.69) is 46.4 Å². The topological polar surface area (TPSA) is 72.7 Å². The number of benzene rings is 1. The molecule has 0 fully saturated rings. The molecule has 140 valence electrons. The number of aromatic nitrogens is 4. The lowest BCUT2D eigenvalue weighted by atomic mass is 10.1. The fourth-order valence-electron chi connectivity index (χ4n) is 2.57. The van der Waals surface area contributed by atoms with Crippen LogP contribution in [-0.4, -0.2) is 37.5 Å². The molecule has 0 saturated heterocycles. The van der Waals surface area contributed by atoms with Gasteiger partial charge in [0.05, 0.1) is 19.2 Å². The normalized spacial score (nSPS) is 10.9. The van der Waals surface area contributed by atoms with Gasteiger partial charge in [0, 0.05) is 35.3 Å². The Morgan fingerprint density at radius 1 is 1.15 bits per heavy atom. The standard InChI is InChI=1S/C20H23N5OS/c1-15(2)27-17-5-3-16(4-6-17)13-20(26)23-10-12-25-11-7-18(24-25)19-14-21-8-9-22-19/h3-9,11,14-15H,10,12-13H2,1-2H3,(H,23,26). The monoisotopic (exact) mass is 381 g/mol. The van der Waals surface area contributed by atoms with Crippen LogP contribution in [0.2, 0.25) is 0 Å². The van der Waals surface area contributed by atoms with Gasteiger partial charge in [0.2, 0.25) is 5.91 Å². The maximum Gasteiger partial charge on any atom is 0.224 e. The summed E-state index contributed by atoms with van der Waals surface area (Å²) in [5.74, 6) is 0.0144. The van der Waals surface area contributed by atoms with Crippen molar-refractivity contribution < 1.29 is 4.79 Å². The van der Waals surface area contributed by atoms with Gasteiger partial charge in [-0.15, -0.1) is 11.8 Å². The van der Waals surface area contributed by atoms with Crippen molar-refractivity contribution in [2.45, 2.75) is 37.0 Å². The Balaban J connectivity index is 1.44. The Bertz CT molecular complexity index is 862. The van der Waals surface area contributed by atoms with Crippen LogP contribution < -0.4 is 5.32 Å². The highest BCUT2D eigenvalue weighted by Gasteiger charge is 2.06. The molecule has 0 atom stereocenters. The molecule has 1 aromatic carbocycles. The Morgan fingerprint density at radius 2 is 1.96 bits per heavy atom. The van der Waals surface area contributed by atoms with Crippen molar-refractivity contribution in [3.05, 3.63) is 60.7 Å². The van der Waals surface area contributed by atoms with Crippen molar-refractivity contribution in [3.8, 4) is 11.4 Å². The van der Waals surface area contributed by atoms with Crippen LogP contribution in [0.25, 0.3) is 11.4 Å². The maximum atomic E-state index is 12.1. The van der Waals surface area contributed by atoms with Gasteiger partial charge in [-0.2, -0.15) is 5.10 Å². The minimum atomic E-state index is 0.0144. The van der Waals surface area contributed by atoms with E-state index in [0.29, 0.717) is 24.8 Å². The second-order valence-electron chi connectivity index (χ2n) is 6.39. The minimum absolute atomic E-state index is 0.0144. The molecule has 2 heterocycles. The molecule has 3 rings (SSSR count). The Labute approximate surface area is 163 Å². The van der Waals surface area contributed by atoms with Crippen LogP contribution in [0.15, 0.2) is 60.0 Å². The van der Waals surface area contributed by atoms with E-state index in [1.165, 1.54) is 4.90 Å². The van der Waals surface area contributed by atoms with Gasteiger partial charge in [0.15, 0.2) is 0 Å². The molecule has 0 saturated carbocycles. The molecule has 1 amide bonds. The molecule has 0 aliphatic heterocycles. The third-order valence-corrected chi connectivity index (χ3v) is 4.80. The van der Waals surface area contributed by atoms with E-state index in [4.69, 9.17) is 0 Å². The summed E-state index contributed by atoms with van der Waals surface area (Å²) in [5, 5.41) is 7.95. The number of amides is 1. The number of hydrogen-bond donors (Lipinski definition) is 1. The van der Waals surface area contributed by atoms with Crippen LogP contribution in [0, 0.1) is 0 Å². The first-order valence-corrected chi connectivity index (χ1v) is 9.80. The number of carbonyl (C=O) groups excluding carboxylic acids is 1. The van der Waals surface area contributed by atoms with Gasteiger partial charge in [-0.3, -0.25) is 19.4 Å². The summed E-state index contributed by atoms with van der Waals surface area (Å²) in [7, 11) is 0. The SMILES string of the molecule is CC(C)Sc1ccc(CC(=O)NCCn2ccc(-c3cnccn3)n2)cc1. The Morgan fingerprint density at radius 3 is 2.67 bits per heavy atom. The zero-order valence-electron chi connectivity index (χ0n) is 15.5. The average molecular weight is 382 g/mol. The van der Waals surface area contributed by atoms with Crippen LogP contribution >= 0.6 is 11.8 Å². The Hall–Kier alpha value is -2.67. The molecule has 0 aliphatic rings. The Kier molecular flexibility index (Phi) is 6.59. The number of nitrogens with one attached hydrogen (secondary N) is 1. The second kappa shape index (κ2) is 9.32. The lowest BCUT2D eigenvalue weighted by Gasteiger charge is -2.07. The molecule has 0 radical (unpaired) electrons. The van der Waals surface area contributed by atoms with Crippen molar-refractivity contribution >= 4 is 17.7 Å². The largest absolute Gasteiger partial charge is 0.354 e. The molecule has 2 aromatic heterocycles. The van der Waals surface area contributed by atoms with Crippen LogP contribution in [0.5, 0.6) is 0 Å². The molecule has 0 aliphatic carbocycles. The van der Waals surface area contributed by atoms with Crippen LogP contribution in [0.3, 0.4) is 0 Å². The summed E-state index contributed by atoms with van der Waals surface area (Å²) >= 11 is 1.82. The smallest absolute Gasteiger partial charge is 0.224 e. The molecule has 6 nitrogen and oxygen atoms in total. The highest BCUT2D eigenvalue weighted by Crippen LogP contribution is 2.22. The van der Waals surface area contributed by atoms with E-state index in [0.717, 1.165) is 17.0 Å². The van der Waals surface area contributed by atoms with E-state index in [1.54, 1.807) is 23.3 Å².